The number of hydrogen-bond donors (Lipinski definition) is 1. The Bertz CT molecular complexity index is 269. The molecule has 4 heteroatoms. The summed E-state index contributed by atoms with van der Waals surface area (Å²) in [6.07, 6.45) is 3.04. The van der Waals surface area contributed by atoms with Crippen molar-refractivity contribution in [2.24, 2.45) is 5.92 Å². The largest absolute Gasteiger partial charge is 0.347 e. The molecule has 1 saturated carbocycles. The molecule has 1 aliphatic carbocycles. The number of carbonyl (C=O) groups is 1. The smallest absolute Gasteiger partial charge is 0.238 e. The van der Waals surface area contributed by atoms with Gasteiger partial charge >= 0.3 is 0 Å². The Kier molecular flexibility index (Phi) is 4.10. The average Bonchev–Trinajstić information content (AvgIpc) is 2.63. The Morgan fingerprint density at radius 3 is 2.73 bits per heavy atom. The first-order valence-corrected chi connectivity index (χ1v) is 5.43. The van der Waals surface area contributed by atoms with Crippen molar-refractivity contribution in [3.05, 3.63) is 0 Å². The molecule has 1 rings (SSSR count). The van der Waals surface area contributed by atoms with E-state index in [4.69, 9.17) is 5.26 Å². The van der Waals surface area contributed by atoms with Crippen molar-refractivity contribution in [3.63, 3.8) is 0 Å². The van der Waals surface area contributed by atoms with Gasteiger partial charge in [-0.2, -0.15) is 5.26 Å². The number of rotatable bonds is 3. The molecular weight excluding hydrogens is 190 g/mol. The van der Waals surface area contributed by atoms with E-state index >= 15 is 0 Å². The first-order chi connectivity index (χ1) is 7.06. The van der Waals surface area contributed by atoms with Gasteiger partial charge in [0.2, 0.25) is 5.91 Å². The minimum Gasteiger partial charge on any atom is -0.347 e. The van der Waals surface area contributed by atoms with Crippen molar-refractivity contribution in [3.8, 4) is 6.07 Å². The first kappa shape index (κ1) is 12.0. The van der Waals surface area contributed by atoms with Crippen molar-refractivity contribution in [2.75, 3.05) is 14.1 Å². The Labute approximate surface area is 91.2 Å². The van der Waals surface area contributed by atoms with E-state index in [1.54, 1.807) is 19.0 Å². The lowest BCUT2D eigenvalue weighted by Crippen LogP contribution is -2.47. The number of nitrogens with zero attached hydrogens (tertiary/aromatic N) is 2. The van der Waals surface area contributed by atoms with Crippen LogP contribution in [0.15, 0.2) is 0 Å². The Balaban J connectivity index is 2.48. The van der Waals surface area contributed by atoms with E-state index in [2.05, 4.69) is 11.4 Å². The molecule has 1 fully saturated rings. The number of nitriles is 1. The van der Waals surface area contributed by atoms with Crippen LogP contribution in [0.1, 0.15) is 26.2 Å². The Morgan fingerprint density at radius 1 is 1.53 bits per heavy atom. The number of likely N-dealkylation sites (N-methyl/N-ethyl adjacent to an activating group) is 1. The lowest BCUT2D eigenvalue weighted by Gasteiger charge is -2.23. The minimum absolute atomic E-state index is 0.0681. The van der Waals surface area contributed by atoms with Crippen LogP contribution in [0.4, 0.5) is 0 Å². The van der Waals surface area contributed by atoms with Gasteiger partial charge in [-0.05, 0) is 19.8 Å². The fraction of sp³-hybridized carbons (Fsp3) is 0.818. The molecule has 1 N–H and O–H groups in total. The Hall–Kier alpha value is -1.08. The second-order valence-corrected chi connectivity index (χ2v) is 4.39. The molecule has 0 aliphatic heterocycles. The van der Waals surface area contributed by atoms with Gasteiger partial charge < -0.3 is 10.2 Å². The van der Waals surface area contributed by atoms with Crippen LogP contribution < -0.4 is 5.32 Å². The molecule has 4 nitrogen and oxygen atoms in total. The molecule has 1 amide bonds. The molecule has 0 aromatic carbocycles. The lowest BCUT2D eigenvalue weighted by molar-refractivity contribution is -0.130. The third kappa shape index (κ3) is 2.93. The predicted molar refractivity (Wildman–Crippen MR) is 58.0 cm³/mol. The van der Waals surface area contributed by atoms with Crippen LogP contribution in [0.25, 0.3) is 0 Å². The van der Waals surface area contributed by atoms with E-state index in [0.717, 1.165) is 19.3 Å². The highest BCUT2D eigenvalue weighted by molar-refractivity contribution is 5.80. The van der Waals surface area contributed by atoms with E-state index in [-0.39, 0.29) is 23.9 Å². The fourth-order valence-electron chi connectivity index (χ4n) is 2.09. The molecule has 1 aliphatic rings. The highest BCUT2D eigenvalue weighted by Gasteiger charge is 2.29. The first-order valence-electron chi connectivity index (χ1n) is 5.43. The number of nitrogens with one attached hydrogen (secondary N) is 1. The molecule has 0 radical (unpaired) electrons. The zero-order valence-corrected chi connectivity index (χ0v) is 9.66. The van der Waals surface area contributed by atoms with Crippen LogP contribution >= 0.6 is 0 Å². The van der Waals surface area contributed by atoms with Gasteiger partial charge in [0.25, 0.3) is 0 Å². The van der Waals surface area contributed by atoms with Gasteiger partial charge in [-0.25, -0.2) is 0 Å². The molecule has 0 bridgehead atoms. The summed E-state index contributed by atoms with van der Waals surface area (Å²) in [5, 5.41) is 12.2. The molecule has 0 aromatic heterocycles. The third-order valence-electron chi connectivity index (χ3n) is 2.96. The lowest BCUT2D eigenvalue weighted by atomic mass is 10.0. The zero-order valence-electron chi connectivity index (χ0n) is 9.66. The van der Waals surface area contributed by atoms with Crippen LogP contribution in [0.2, 0.25) is 0 Å². The van der Waals surface area contributed by atoms with E-state index in [0.29, 0.717) is 0 Å². The second kappa shape index (κ2) is 5.13. The monoisotopic (exact) mass is 209 g/mol. The van der Waals surface area contributed by atoms with Crippen molar-refractivity contribution in [2.45, 2.75) is 38.3 Å². The molecule has 3 atom stereocenters. The molecule has 84 valence electrons. The summed E-state index contributed by atoms with van der Waals surface area (Å²) in [6, 6.07) is 2.29. The number of amides is 1. The maximum absolute atomic E-state index is 11.6. The topological polar surface area (TPSA) is 56.1 Å². The number of carbonyl (C=O) groups excluding carboxylic acids is 1. The molecule has 0 saturated heterocycles. The highest BCUT2D eigenvalue weighted by Crippen LogP contribution is 2.25. The Morgan fingerprint density at radius 2 is 2.20 bits per heavy atom. The summed E-state index contributed by atoms with van der Waals surface area (Å²) in [7, 11) is 3.49. The summed E-state index contributed by atoms with van der Waals surface area (Å²) in [5.41, 5.74) is 0. The molecule has 15 heavy (non-hydrogen) atoms. The van der Waals surface area contributed by atoms with E-state index in [1.807, 2.05) is 6.92 Å². The van der Waals surface area contributed by atoms with Gasteiger partial charge in [-0.15, -0.1) is 0 Å². The van der Waals surface area contributed by atoms with Crippen LogP contribution in [0.5, 0.6) is 0 Å². The zero-order chi connectivity index (χ0) is 11.4. The maximum Gasteiger partial charge on any atom is 0.238 e. The SMILES string of the molecule is CC(NC1CCCC1C#N)C(=O)N(C)C. The quantitative estimate of drug-likeness (QED) is 0.746. The van der Waals surface area contributed by atoms with Gasteiger partial charge in [-0.3, -0.25) is 4.79 Å². The van der Waals surface area contributed by atoms with Gasteiger partial charge in [0, 0.05) is 20.1 Å². The van der Waals surface area contributed by atoms with Gasteiger partial charge in [0.15, 0.2) is 0 Å². The van der Waals surface area contributed by atoms with E-state index in [1.165, 1.54) is 0 Å². The molecule has 3 unspecified atom stereocenters. The van der Waals surface area contributed by atoms with E-state index < -0.39 is 0 Å². The molecule has 0 aromatic rings. The predicted octanol–water partition coefficient (Wildman–Crippen LogP) is 0.745. The summed E-state index contributed by atoms with van der Waals surface area (Å²) >= 11 is 0. The van der Waals surface area contributed by atoms with Crippen molar-refractivity contribution in [1.29, 1.82) is 5.26 Å². The van der Waals surface area contributed by atoms with Crippen molar-refractivity contribution in [1.82, 2.24) is 10.2 Å². The summed E-state index contributed by atoms with van der Waals surface area (Å²) in [4.78, 5) is 13.2. The van der Waals surface area contributed by atoms with Crippen LogP contribution in [-0.2, 0) is 4.79 Å². The minimum atomic E-state index is -0.195. The maximum atomic E-state index is 11.6. The molecule has 0 heterocycles. The summed E-state index contributed by atoms with van der Waals surface area (Å²) < 4.78 is 0. The van der Waals surface area contributed by atoms with Crippen LogP contribution in [0.3, 0.4) is 0 Å². The highest BCUT2D eigenvalue weighted by atomic mass is 16.2. The van der Waals surface area contributed by atoms with Crippen LogP contribution in [0, 0.1) is 17.2 Å². The van der Waals surface area contributed by atoms with Crippen molar-refractivity contribution < 1.29 is 4.79 Å². The van der Waals surface area contributed by atoms with Crippen LogP contribution in [-0.4, -0.2) is 37.0 Å². The van der Waals surface area contributed by atoms with Gasteiger partial charge in [0.05, 0.1) is 18.0 Å². The fourth-order valence-corrected chi connectivity index (χ4v) is 2.09. The molecule has 0 spiro atoms. The second-order valence-electron chi connectivity index (χ2n) is 4.39. The van der Waals surface area contributed by atoms with Crippen molar-refractivity contribution >= 4 is 5.91 Å². The third-order valence-corrected chi connectivity index (χ3v) is 2.96. The van der Waals surface area contributed by atoms with Gasteiger partial charge in [-0.1, -0.05) is 6.42 Å². The number of hydrogen-bond acceptors (Lipinski definition) is 3. The summed E-state index contributed by atoms with van der Waals surface area (Å²) in [6.45, 7) is 1.86. The average molecular weight is 209 g/mol. The summed E-state index contributed by atoms with van der Waals surface area (Å²) in [5.74, 6) is 0.140. The normalized spacial score (nSPS) is 27.1. The molecular formula is C11H19N3O. The van der Waals surface area contributed by atoms with Gasteiger partial charge in [0.1, 0.15) is 0 Å². The standard InChI is InChI=1S/C11H19N3O/c1-8(11(15)14(2)3)13-10-6-4-5-9(10)7-12/h8-10,13H,4-6H2,1-3H3. The van der Waals surface area contributed by atoms with E-state index in [9.17, 15) is 4.79 Å².